The van der Waals surface area contributed by atoms with Crippen molar-refractivity contribution in [2.24, 2.45) is 35.0 Å². The Kier molecular flexibility index (Phi) is 8.08. The summed E-state index contributed by atoms with van der Waals surface area (Å²) in [4.78, 5) is 0. The quantitative estimate of drug-likeness (QED) is 0.389. The van der Waals surface area contributed by atoms with Gasteiger partial charge in [-0.05, 0) is 91.9 Å². The van der Waals surface area contributed by atoms with Gasteiger partial charge in [0, 0.05) is 6.42 Å². The van der Waals surface area contributed by atoms with Crippen LogP contribution >= 0.6 is 0 Å². The summed E-state index contributed by atoms with van der Waals surface area (Å²) in [6.07, 6.45) is 16.8. The van der Waals surface area contributed by atoms with Gasteiger partial charge in [-0.2, -0.15) is 0 Å². The van der Waals surface area contributed by atoms with Crippen LogP contribution in [0, 0.1) is 35.0 Å². The van der Waals surface area contributed by atoms with Gasteiger partial charge in [0.1, 0.15) is 6.17 Å². The first-order valence-corrected chi connectivity index (χ1v) is 13.0. The zero-order valence-electron chi connectivity index (χ0n) is 20.5. The molecular weight excluding hydrogens is 367 g/mol. The zero-order chi connectivity index (χ0) is 21.9. The third-order valence-electron chi connectivity index (χ3n) is 9.34. The lowest BCUT2D eigenvalue weighted by atomic mass is 9.60. The van der Waals surface area contributed by atoms with Crippen molar-refractivity contribution in [1.29, 1.82) is 0 Å². The molecule has 30 heavy (non-hydrogen) atoms. The number of fused-ring (bicyclic) bond motifs is 1. The molecule has 0 radical (unpaired) electrons. The van der Waals surface area contributed by atoms with E-state index in [1.54, 1.807) is 5.57 Å². The van der Waals surface area contributed by atoms with Gasteiger partial charge in [0.05, 0.1) is 0 Å². The van der Waals surface area contributed by atoms with Crippen LogP contribution in [0.1, 0.15) is 105 Å². The van der Waals surface area contributed by atoms with E-state index in [1.165, 1.54) is 51.4 Å². The third-order valence-corrected chi connectivity index (χ3v) is 9.34. The van der Waals surface area contributed by atoms with Gasteiger partial charge in [-0.3, -0.25) is 0 Å². The summed E-state index contributed by atoms with van der Waals surface area (Å²) in [5.41, 5.74) is 4.44. The molecule has 0 N–H and O–H groups in total. The summed E-state index contributed by atoms with van der Waals surface area (Å²) >= 11 is 0. The first-order chi connectivity index (χ1) is 14.3. The Morgan fingerprint density at radius 2 is 1.87 bits per heavy atom. The summed E-state index contributed by atoms with van der Waals surface area (Å²) in [6.45, 7) is 16.5. The molecule has 0 aromatic carbocycles. The third kappa shape index (κ3) is 5.13. The number of alkyl halides is 1. The summed E-state index contributed by atoms with van der Waals surface area (Å²) in [7, 11) is 0. The predicted molar refractivity (Wildman–Crippen MR) is 129 cm³/mol. The fourth-order valence-electron chi connectivity index (χ4n) is 7.27. The van der Waals surface area contributed by atoms with E-state index in [9.17, 15) is 4.39 Å². The standard InChI is InChI=1S/C29H47F/c1-7-23(20(2)3)12-10-22(5)27-16-17-28-24(9-8-18-29(27,28)6)13-14-25-19-26(30)15-11-21(25)4/h13-14,20,22-23,26-28H,4,7-12,15-19H2,1-3,5-6H3/b24-13+,25-14-/t22-,23-,26-,27-,28+,29-/m1/s1. The highest BCUT2D eigenvalue weighted by Crippen LogP contribution is 2.60. The molecule has 0 aliphatic heterocycles. The normalized spacial score (nSPS) is 37.0. The van der Waals surface area contributed by atoms with E-state index in [0.717, 1.165) is 47.2 Å². The van der Waals surface area contributed by atoms with Crippen molar-refractivity contribution < 1.29 is 4.39 Å². The molecule has 0 nitrogen and oxygen atoms in total. The maximum atomic E-state index is 13.9. The molecule has 1 heteroatoms. The van der Waals surface area contributed by atoms with Gasteiger partial charge in [-0.15, -0.1) is 0 Å². The van der Waals surface area contributed by atoms with Gasteiger partial charge >= 0.3 is 0 Å². The SMILES string of the molecule is C=C1CC[C@@H](F)C/C1=C/C=C1\CCC[C@]2(C)[C@@H]([C@H](C)CC[C@@H](CC)C(C)C)CC[C@@H]12. The molecule has 3 aliphatic rings. The largest absolute Gasteiger partial charge is 0.247 e. The molecule has 0 aromatic heterocycles. The average Bonchev–Trinajstić information content (AvgIpc) is 3.06. The van der Waals surface area contributed by atoms with Gasteiger partial charge in [0.2, 0.25) is 0 Å². The number of rotatable bonds is 7. The topological polar surface area (TPSA) is 0 Å². The van der Waals surface area contributed by atoms with Crippen LogP contribution in [0.4, 0.5) is 4.39 Å². The van der Waals surface area contributed by atoms with Crippen LogP contribution in [-0.2, 0) is 0 Å². The molecule has 0 spiro atoms. The fraction of sp³-hybridized carbons (Fsp3) is 0.793. The summed E-state index contributed by atoms with van der Waals surface area (Å²) in [5.74, 6) is 4.12. The smallest absolute Gasteiger partial charge is 0.104 e. The van der Waals surface area contributed by atoms with Gasteiger partial charge < -0.3 is 0 Å². The van der Waals surface area contributed by atoms with Crippen LogP contribution in [0.3, 0.4) is 0 Å². The molecule has 3 fully saturated rings. The minimum Gasteiger partial charge on any atom is -0.247 e. The van der Waals surface area contributed by atoms with Crippen LogP contribution < -0.4 is 0 Å². The van der Waals surface area contributed by atoms with Crippen molar-refractivity contribution in [1.82, 2.24) is 0 Å². The fourth-order valence-corrected chi connectivity index (χ4v) is 7.27. The molecule has 6 atom stereocenters. The molecule has 0 saturated heterocycles. The van der Waals surface area contributed by atoms with Crippen LogP contribution in [0.25, 0.3) is 0 Å². The monoisotopic (exact) mass is 414 g/mol. The van der Waals surface area contributed by atoms with Crippen molar-refractivity contribution in [2.45, 2.75) is 111 Å². The number of hydrogen-bond donors (Lipinski definition) is 0. The number of hydrogen-bond acceptors (Lipinski definition) is 0. The van der Waals surface area contributed by atoms with Crippen molar-refractivity contribution in [2.75, 3.05) is 0 Å². The highest BCUT2D eigenvalue weighted by Gasteiger charge is 2.50. The minimum absolute atomic E-state index is 0.466. The van der Waals surface area contributed by atoms with Crippen molar-refractivity contribution in [3.8, 4) is 0 Å². The van der Waals surface area contributed by atoms with E-state index < -0.39 is 6.17 Å². The molecule has 0 unspecified atom stereocenters. The minimum atomic E-state index is -0.675. The molecule has 170 valence electrons. The number of allylic oxidation sites excluding steroid dienone is 5. The van der Waals surface area contributed by atoms with E-state index in [0.29, 0.717) is 18.3 Å². The van der Waals surface area contributed by atoms with E-state index >= 15 is 0 Å². The van der Waals surface area contributed by atoms with E-state index in [2.05, 4.69) is 53.3 Å². The van der Waals surface area contributed by atoms with Crippen LogP contribution in [0.15, 0.2) is 35.5 Å². The molecular formula is C29H47F. The Labute approximate surface area is 186 Å². The second-order valence-corrected chi connectivity index (χ2v) is 11.4. The Hall–Kier alpha value is -0.850. The molecule has 0 bridgehead atoms. The molecule has 3 saturated carbocycles. The lowest BCUT2D eigenvalue weighted by Gasteiger charge is -2.44. The van der Waals surface area contributed by atoms with Crippen molar-refractivity contribution in [3.05, 3.63) is 35.5 Å². The zero-order valence-corrected chi connectivity index (χ0v) is 20.5. The van der Waals surface area contributed by atoms with Crippen LogP contribution in [0.5, 0.6) is 0 Å². The van der Waals surface area contributed by atoms with Crippen molar-refractivity contribution >= 4 is 0 Å². The van der Waals surface area contributed by atoms with Gasteiger partial charge in [0.25, 0.3) is 0 Å². The summed E-state index contributed by atoms with van der Waals surface area (Å²) in [5, 5.41) is 0. The second-order valence-electron chi connectivity index (χ2n) is 11.4. The van der Waals surface area contributed by atoms with E-state index in [4.69, 9.17) is 0 Å². The molecule has 0 amide bonds. The molecule has 0 heterocycles. The van der Waals surface area contributed by atoms with Gasteiger partial charge in [0.15, 0.2) is 0 Å². The molecule has 3 rings (SSSR count). The first kappa shape index (κ1) is 23.8. The molecule has 0 aromatic rings. The van der Waals surface area contributed by atoms with Crippen LogP contribution in [-0.4, -0.2) is 6.17 Å². The summed E-state index contributed by atoms with van der Waals surface area (Å²) in [6, 6.07) is 0. The Morgan fingerprint density at radius 3 is 2.57 bits per heavy atom. The van der Waals surface area contributed by atoms with Gasteiger partial charge in [-0.25, -0.2) is 4.39 Å². The Balaban J connectivity index is 1.69. The first-order valence-electron chi connectivity index (χ1n) is 13.0. The predicted octanol–water partition coefficient (Wildman–Crippen LogP) is 9.23. The maximum absolute atomic E-state index is 13.9. The highest BCUT2D eigenvalue weighted by atomic mass is 19.1. The van der Waals surface area contributed by atoms with Crippen molar-refractivity contribution in [3.63, 3.8) is 0 Å². The van der Waals surface area contributed by atoms with Crippen LogP contribution in [0.2, 0.25) is 0 Å². The maximum Gasteiger partial charge on any atom is 0.104 e. The summed E-state index contributed by atoms with van der Waals surface area (Å²) < 4.78 is 13.9. The highest BCUT2D eigenvalue weighted by molar-refractivity contribution is 5.36. The second kappa shape index (κ2) is 10.2. The Morgan fingerprint density at radius 1 is 1.10 bits per heavy atom. The van der Waals surface area contributed by atoms with E-state index in [-0.39, 0.29) is 0 Å². The lowest BCUT2D eigenvalue weighted by molar-refractivity contribution is 0.0901. The Bertz CT molecular complexity index is 653. The van der Waals surface area contributed by atoms with Gasteiger partial charge in [-0.1, -0.05) is 77.3 Å². The number of halogens is 1. The average molecular weight is 415 g/mol. The lowest BCUT2D eigenvalue weighted by Crippen LogP contribution is -2.36. The molecule has 3 aliphatic carbocycles. The van der Waals surface area contributed by atoms with E-state index in [1.807, 2.05) is 0 Å².